The van der Waals surface area contributed by atoms with Crippen molar-refractivity contribution in [1.82, 2.24) is 19.9 Å². The summed E-state index contributed by atoms with van der Waals surface area (Å²) in [6.45, 7) is 3.30. The van der Waals surface area contributed by atoms with E-state index in [-0.39, 0.29) is 12.0 Å². The normalized spacial score (nSPS) is 21.6. The van der Waals surface area contributed by atoms with Crippen LogP contribution in [0.1, 0.15) is 10.8 Å². The summed E-state index contributed by atoms with van der Waals surface area (Å²) in [7, 11) is 0. The van der Waals surface area contributed by atoms with Crippen molar-refractivity contribution in [3.05, 3.63) is 69.3 Å². The molecule has 39 heavy (non-hydrogen) atoms. The van der Waals surface area contributed by atoms with Crippen LogP contribution in [0.15, 0.2) is 54.4 Å². The van der Waals surface area contributed by atoms with E-state index in [0.29, 0.717) is 77.1 Å². The van der Waals surface area contributed by atoms with Gasteiger partial charge in [-0.05, 0) is 30.3 Å². The molecule has 2 atom stereocenters. The first kappa shape index (κ1) is 26.0. The summed E-state index contributed by atoms with van der Waals surface area (Å²) in [5.41, 5.74) is 7.85. The van der Waals surface area contributed by atoms with Crippen LogP contribution in [0.5, 0.6) is 0 Å². The highest BCUT2D eigenvalue weighted by Crippen LogP contribution is 2.44. The van der Waals surface area contributed by atoms with E-state index in [1.54, 1.807) is 53.6 Å². The molecule has 2 saturated heterocycles. The lowest BCUT2D eigenvalue weighted by Gasteiger charge is -2.29. The van der Waals surface area contributed by atoms with Crippen LogP contribution in [-0.4, -0.2) is 71.4 Å². The number of urea groups is 1. The van der Waals surface area contributed by atoms with E-state index in [2.05, 4.69) is 14.9 Å². The number of nitrogens with two attached hydrogens (primary N) is 1. The monoisotopic (exact) mass is 587 g/mol. The van der Waals surface area contributed by atoms with Gasteiger partial charge in [-0.1, -0.05) is 35.4 Å². The molecular weight excluding hydrogens is 564 g/mol. The quantitative estimate of drug-likeness (QED) is 0.441. The number of amides is 2. The summed E-state index contributed by atoms with van der Waals surface area (Å²) in [4.78, 5) is 32.5. The Balaban J connectivity index is 1.31. The number of carbonyl (C=O) groups is 1. The molecule has 6 rings (SSSR count). The fourth-order valence-corrected chi connectivity index (χ4v) is 6.42. The second kappa shape index (κ2) is 10.7. The highest BCUT2D eigenvalue weighted by Gasteiger charge is 2.40. The van der Waals surface area contributed by atoms with Crippen molar-refractivity contribution in [1.29, 1.82) is 0 Å². The summed E-state index contributed by atoms with van der Waals surface area (Å²) in [6.07, 6.45) is 5.32. The molecule has 0 spiro atoms. The van der Waals surface area contributed by atoms with Gasteiger partial charge in [0, 0.05) is 42.9 Å². The summed E-state index contributed by atoms with van der Waals surface area (Å²) in [5, 5.41) is 1.51. The maximum Gasteiger partial charge on any atom is 0.328 e. The van der Waals surface area contributed by atoms with Crippen LogP contribution in [0.2, 0.25) is 10.0 Å². The number of aromatic nitrogens is 3. The van der Waals surface area contributed by atoms with Crippen LogP contribution in [0, 0.1) is 0 Å². The van der Waals surface area contributed by atoms with Crippen molar-refractivity contribution >= 4 is 57.3 Å². The van der Waals surface area contributed by atoms with Gasteiger partial charge in [0.1, 0.15) is 5.69 Å². The van der Waals surface area contributed by atoms with Gasteiger partial charge in [0.25, 0.3) is 0 Å². The number of thiazole rings is 1. The molecule has 9 nitrogen and oxygen atoms in total. The first-order valence-corrected chi connectivity index (χ1v) is 14.0. The van der Waals surface area contributed by atoms with E-state index < -0.39 is 12.1 Å². The Morgan fingerprint density at radius 3 is 2.62 bits per heavy atom. The predicted octanol–water partition coefficient (Wildman–Crippen LogP) is 5.14. The van der Waals surface area contributed by atoms with Gasteiger partial charge < -0.3 is 15.4 Å². The Hall–Kier alpha value is -3.25. The number of hydrogen-bond acceptors (Lipinski definition) is 8. The molecule has 3 aromatic rings. The van der Waals surface area contributed by atoms with Crippen LogP contribution in [-0.2, 0) is 4.74 Å². The number of rotatable bonds is 5. The number of allylic oxidation sites excluding steroid dienone is 4. The molecular formula is C26H24Cl2FN7O2S. The Kier molecular flexibility index (Phi) is 7.15. The molecule has 3 aliphatic rings. The Morgan fingerprint density at radius 2 is 1.85 bits per heavy atom. The van der Waals surface area contributed by atoms with Crippen molar-refractivity contribution in [2.45, 2.75) is 12.1 Å². The molecule has 2 aliphatic heterocycles. The van der Waals surface area contributed by atoms with E-state index in [1.165, 1.54) is 16.2 Å². The third-order valence-electron chi connectivity index (χ3n) is 6.86. The summed E-state index contributed by atoms with van der Waals surface area (Å²) in [5.74, 6) is -0.559. The lowest BCUT2D eigenvalue weighted by Crippen LogP contribution is -2.36. The molecule has 1 aliphatic carbocycles. The van der Waals surface area contributed by atoms with E-state index in [1.807, 2.05) is 0 Å². The summed E-state index contributed by atoms with van der Waals surface area (Å²) < 4.78 is 21.9. The minimum absolute atomic E-state index is 0.112. The summed E-state index contributed by atoms with van der Waals surface area (Å²) >= 11 is 13.6. The average Bonchev–Trinajstić information content (AvgIpc) is 3.55. The topological polar surface area (TPSA) is 101 Å². The van der Waals surface area contributed by atoms with E-state index in [9.17, 15) is 4.79 Å². The minimum Gasteiger partial charge on any atom is -0.378 e. The van der Waals surface area contributed by atoms with Crippen molar-refractivity contribution < 1.29 is 13.9 Å². The van der Waals surface area contributed by atoms with Gasteiger partial charge in [0.05, 0.1) is 40.6 Å². The molecule has 2 aromatic heterocycles. The predicted molar refractivity (Wildman–Crippen MR) is 151 cm³/mol. The number of carbonyl (C=O) groups excluding carboxylic acids is 1. The van der Waals surface area contributed by atoms with Crippen molar-refractivity contribution in [3.8, 4) is 11.4 Å². The zero-order valence-electron chi connectivity index (χ0n) is 20.6. The fourth-order valence-electron chi connectivity index (χ4n) is 4.90. The Bertz CT molecular complexity index is 1480. The lowest BCUT2D eigenvalue weighted by molar-refractivity contribution is 0.122. The van der Waals surface area contributed by atoms with Crippen LogP contribution in [0.4, 0.5) is 26.0 Å². The standard InChI is InChI=1S/C26H24Cl2FN7O2S/c27-17-5-4-15(14-18(17)28)35-8-9-36(26(35)37)20-3-1-2-16(21(20)29)23-22(19-6-7-31-24(30)32-19)33-25(39-23)34-10-12-38-13-11-34/h1-7,14,16,21H,8-13H2,(H2,30,31,32). The number of benzene rings is 1. The molecule has 2 amide bonds. The SMILES string of the molecule is Nc1nccc(-c2nc(N3CCOCC3)sc2C2C=CC=C(N3CCN(c4ccc(Cl)c(Cl)c4)C3=O)C2F)n1. The van der Waals surface area contributed by atoms with Gasteiger partial charge in [-0.2, -0.15) is 0 Å². The number of hydrogen-bond donors (Lipinski definition) is 1. The molecule has 202 valence electrons. The minimum atomic E-state index is -1.48. The number of nitrogen functional groups attached to an aromatic ring is 1. The first-order valence-electron chi connectivity index (χ1n) is 12.4. The molecule has 2 unspecified atom stereocenters. The largest absolute Gasteiger partial charge is 0.378 e. The molecule has 13 heteroatoms. The Morgan fingerprint density at radius 1 is 1.05 bits per heavy atom. The number of halogens is 3. The van der Waals surface area contributed by atoms with Gasteiger partial charge in [-0.25, -0.2) is 24.1 Å². The van der Waals surface area contributed by atoms with E-state index >= 15 is 4.39 Å². The maximum atomic E-state index is 16.4. The van der Waals surface area contributed by atoms with Crippen molar-refractivity contribution in [2.75, 3.05) is 54.9 Å². The molecule has 0 radical (unpaired) electrons. The molecule has 0 saturated carbocycles. The van der Waals surface area contributed by atoms with Gasteiger partial charge in [0.2, 0.25) is 5.95 Å². The first-order chi connectivity index (χ1) is 18.9. The molecule has 1 aromatic carbocycles. The molecule has 2 fully saturated rings. The summed E-state index contributed by atoms with van der Waals surface area (Å²) in [6, 6.07) is 6.40. The second-order valence-corrected chi connectivity index (χ2v) is 11.0. The molecule has 0 bridgehead atoms. The number of nitrogens with zero attached hydrogens (tertiary/aromatic N) is 6. The zero-order chi connectivity index (χ0) is 27.1. The van der Waals surface area contributed by atoms with Crippen molar-refractivity contribution in [3.63, 3.8) is 0 Å². The number of ether oxygens (including phenoxy) is 1. The Labute approximate surface area is 238 Å². The third-order valence-corrected chi connectivity index (χ3v) is 8.82. The van der Waals surface area contributed by atoms with Gasteiger partial charge in [-0.3, -0.25) is 9.80 Å². The highest BCUT2D eigenvalue weighted by atomic mass is 35.5. The number of morpholine rings is 1. The van der Waals surface area contributed by atoms with Crippen LogP contribution in [0.3, 0.4) is 0 Å². The van der Waals surface area contributed by atoms with Crippen molar-refractivity contribution in [2.24, 2.45) is 0 Å². The van der Waals surface area contributed by atoms with Crippen LogP contribution in [0.25, 0.3) is 11.4 Å². The smallest absolute Gasteiger partial charge is 0.328 e. The molecule has 4 heterocycles. The van der Waals surface area contributed by atoms with Gasteiger partial charge in [0.15, 0.2) is 11.3 Å². The second-order valence-electron chi connectivity index (χ2n) is 9.20. The van der Waals surface area contributed by atoms with E-state index in [4.69, 9.17) is 38.7 Å². The third kappa shape index (κ3) is 4.95. The maximum absolute atomic E-state index is 16.4. The van der Waals surface area contributed by atoms with Crippen LogP contribution >= 0.6 is 34.5 Å². The van der Waals surface area contributed by atoms with Gasteiger partial charge >= 0.3 is 6.03 Å². The van der Waals surface area contributed by atoms with Crippen LogP contribution < -0.4 is 15.5 Å². The number of anilines is 3. The highest BCUT2D eigenvalue weighted by molar-refractivity contribution is 7.16. The lowest BCUT2D eigenvalue weighted by atomic mass is 9.92. The fraction of sp³-hybridized carbons (Fsp3) is 0.308. The average molecular weight is 588 g/mol. The molecule has 2 N–H and O–H groups in total. The van der Waals surface area contributed by atoms with Gasteiger partial charge in [-0.15, -0.1) is 11.3 Å². The number of alkyl halides is 1. The zero-order valence-corrected chi connectivity index (χ0v) is 23.0. The van der Waals surface area contributed by atoms with E-state index in [0.717, 1.165) is 5.13 Å².